The van der Waals surface area contributed by atoms with Gasteiger partial charge >= 0.3 is 0 Å². The van der Waals surface area contributed by atoms with Gasteiger partial charge in [-0.2, -0.15) is 0 Å². The quantitative estimate of drug-likeness (QED) is 0.422. The van der Waals surface area contributed by atoms with E-state index in [1.807, 2.05) is 18.6 Å². The van der Waals surface area contributed by atoms with Crippen LogP contribution in [0.15, 0.2) is 53.9 Å². The summed E-state index contributed by atoms with van der Waals surface area (Å²) in [6, 6.07) is 11.1. The average molecular weight is 466 g/mol. The predicted octanol–water partition coefficient (Wildman–Crippen LogP) is 5.22. The van der Waals surface area contributed by atoms with Crippen molar-refractivity contribution in [2.24, 2.45) is 4.99 Å². The molecule has 2 N–H and O–H groups in total. The maximum atomic E-state index is 5.08. The van der Waals surface area contributed by atoms with E-state index in [1.54, 1.807) is 0 Å². The number of rotatable bonds is 5. The summed E-state index contributed by atoms with van der Waals surface area (Å²) < 4.78 is 0. The van der Waals surface area contributed by atoms with E-state index in [1.165, 1.54) is 24.9 Å². The Balaban J connectivity index is 1.38. The van der Waals surface area contributed by atoms with Crippen LogP contribution in [-0.4, -0.2) is 51.3 Å². The molecule has 0 bridgehead atoms. The largest absolute Gasteiger partial charge is 0.382 e. The van der Waals surface area contributed by atoms with Crippen LogP contribution in [0.5, 0.6) is 0 Å². The van der Waals surface area contributed by atoms with Crippen molar-refractivity contribution >= 4 is 28.1 Å². The third-order valence-electron chi connectivity index (χ3n) is 6.78. The van der Waals surface area contributed by atoms with Crippen molar-refractivity contribution < 1.29 is 0 Å². The highest BCUT2D eigenvalue weighted by molar-refractivity contribution is 6.14. The molecule has 0 atom stereocenters. The van der Waals surface area contributed by atoms with Gasteiger partial charge in [0.15, 0.2) is 5.82 Å². The number of benzene rings is 1. The number of pyridine rings is 2. The fraction of sp³-hybridized carbons (Fsp3) is 0.357. The standard InChI is InChI=1S/C28H31N7/c1-18(2)32-21-13-19(15-29-17-21)20-14-22-23(31-16-20)9-10-30-26(22)28-33-24-7-6-8-25(27(24)34-28)35-11-4-3-5-12-35/h6-8,13-18,32H,3-5,9-12H2,1-2H3,(H,33,34). The molecule has 0 aliphatic carbocycles. The molecule has 0 spiro atoms. The van der Waals surface area contributed by atoms with Crippen LogP contribution in [0.25, 0.3) is 22.2 Å². The van der Waals surface area contributed by atoms with Crippen molar-refractivity contribution in [1.82, 2.24) is 19.9 Å². The van der Waals surface area contributed by atoms with Gasteiger partial charge in [0.2, 0.25) is 0 Å². The minimum absolute atomic E-state index is 0.343. The van der Waals surface area contributed by atoms with E-state index in [0.717, 1.165) is 76.7 Å². The van der Waals surface area contributed by atoms with Gasteiger partial charge in [0, 0.05) is 67.4 Å². The zero-order valence-corrected chi connectivity index (χ0v) is 20.4. The Kier molecular flexibility index (Phi) is 5.68. The van der Waals surface area contributed by atoms with Crippen LogP contribution in [0.2, 0.25) is 0 Å². The molecule has 6 rings (SSSR count). The zero-order valence-electron chi connectivity index (χ0n) is 20.4. The maximum absolute atomic E-state index is 5.08. The number of anilines is 2. The molecular formula is C28H31N7. The van der Waals surface area contributed by atoms with E-state index in [4.69, 9.17) is 15.0 Å². The van der Waals surface area contributed by atoms with Gasteiger partial charge in [-0.25, -0.2) is 4.98 Å². The molecule has 0 radical (unpaired) electrons. The Morgan fingerprint density at radius 1 is 1.00 bits per heavy atom. The number of imidazole rings is 1. The Labute approximate surface area is 205 Å². The molecule has 2 aliphatic heterocycles. The Bertz CT molecular complexity index is 1400. The molecule has 7 nitrogen and oxygen atoms in total. The molecule has 0 unspecified atom stereocenters. The van der Waals surface area contributed by atoms with Crippen molar-refractivity contribution in [3.8, 4) is 11.1 Å². The van der Waals surface area contributed by atoms with Gasteiger partial charge in [0.05, 0.1) is 22.6 Å². The summed E-state index contributed by atoms with van der Waals surface area (Å²) in [7, 11) is 0. The van der Waals surface area contributed by atoms with Crippen molar-refractivity contribution in [2.45, 2.75) is 45.6 Å². The molecule has 1 fully saturated rings. The number of nitrogens with zero attached hydrogens (tertiary/aromatic N) is 5. The Hall–Kier alpha value is -3.74. The van der Waals surface area contributed by atoms with E-state index in [2.05, 4.69) is 64.4 Å². The van der Waals surface area contributed by atoms with Crippen LogP contribution >= 0.6 is 0 Å². The maximum Gasteiger partial charge on any atom is 0.157 e. The van der Waals surface area contributed by atoms with Crippen LogP contribution in [0.4, 0.5) is 11.4 Å². The molecular weight excluding hydrogens is 434 g/mol. The molecule has 35 heavy (non-hydrogen) atoms. The van der Waals surface area contributed by atoms with E-state index in [0.29, 0.717) is 6.04 Å². The smallest absolute Gasteiger partial charge is 0.157 e. The summed E-state index contributed by atoms with van der Waals surface area (Å²) in [5.74, 6) is 0.817. The number of piperidine rings is 1. The number of hydrogen-bond acceptors (Lipinski definition) is 6. The van der Waals surface area contributed by atoms with Crippen LogP contribution in [0, 0.1) is 0 Å². The number of fused-ring (bicyclic) bond motifs is 2. The molecule has 0 amide bonds. The second-order valence-corrected chi connectivity index (χ2v) is 9.77. The lowest BCUT2D eigenvalue weighted by atomic mass is 9.98. The summed E-state index contributed by atoms with van der Waals surface area (Å²) in [5, 5.41) is 3.43. The number of aromatic nitrogens is 4. The average Bonchev–Trinajstić information content (AvgIpc) is 3.33. The molecule has 1 saturated heterocycles. The summed E-state index contributed by atoms with van der Waals surface area (Å²) >= 11 is 0. The van der Waals surface area contributed by atoms with E-state index >= 15 is 0 Å². The number of nitrogens with one attached hydrogen (secondary N) is 2. The van der Waals surface area contributed by atoms with Crippen LogP contribution in [-0.2, 0) is 6.42 Å². The number of H-pyrrole nitrogens is 1. The topological polar surface area (TPSA) is 82.1 Å². The molecule has 3 aromatic heterocycles. The first-order valence-electron chi connectivity index (χ1n) is 12.7. The number of aromatic amines is 1. The first-order valence-corrected chi connectivity index (χ1v) is 12.7. The highest BCUT2D eigenvalue weighted by atomic mass is 15.1. The van der Waals surface area contributed by atoms with Crippen molar-refractivity contribution in [3.63, 3.8) is 0 Å². The lowest BCUT2D eigenvalue weighted by Gasteiger charge is -2.28. The minimum Gasteiger partial charge on any atom is -0.382 e. The van der Waals surface area contributed by atoms with Gasteiger partial charge in [0.1, 0.15) is 11.2 Å². The number of aliphatic imine (C=N–C) groups is 1. The Morgan fingerprint density at radius 3 is 2.71 bits per heavy atom. The third-order valence-corrected chi connectivity index (χ3v) is 6.78. The van der Waals surface area contributed by atoms with Crippen LogP contribution in [0.1, 0.15) is 50.2 Å². The molecule has 4 aromatic rings. The lowest BCUT2D eigenvalue weighted by Crippen LogP contribution is -2.29. The highest BCUT2D eigenvalue weighted by Gasteiger charge is 2.23. The highest BCUT2D eigenvalue weighted by Crippen LogP contribution is 2.30. The van der Waals surface area contributed by atoms with Crippen molar-refractivity contribution in [1.29, 1.82) is 0 Å². The Morgan fingerprint density at radius 2 is 1.86 bits per heavy atom. The van der Waals surface area contributed by atoms with E-state index in [9.17, 15) is 0 Å². The molecule has 1 aromatic carbocycles. The zero-order chi connectivity index (χ0) is 23.8. The third kappa shape index (κ3) is 4.27. The van der Waals surface area contributed by atoms with Gasteiger partial charge in [-0.15, -0.1) is 0 Å². The minimum atomic E-state index is 0.343. The molecule has 5 heterocycles. The summed E-state index contributed by atoms with van der Waals surface area (Å²) in [5.41, 5.74) is 9.38. The molecule has 178 valence electrons. The first-order chi connectivity index (χ1) is 17.2. The fourth-order valence-electron chi connectivity index (χ4n) is 5.15. The second-order valence-electron chi connectivity index (χ2n) is 9.77. The van der Waals surface area contributed by atoms with Gasteiger partial charge < -0.3 is 15.2 Å². The van der Waals surface area contributed by atoms with Gasteiger partial charge in [-0.1, -0.05) is 6.07 Å². The van der Waals surface area contributed by atoms with E-state index < -0.39 is 0 Å². The normalized spacial score (nSPS) is 15.9. The number of para-hydroxylation sites is 1. The monoisotopic (exact) mass is 465 g/mol. The summed E-state index contributed by atoms with van der Waals surface area (Å²) in [6.45, 7) is 7.16. The molecule has 2 aliphatic rings. The predicted molar refractivity (Wildman–Crippen MR) is 143 cm³/mol. The van der Waals surface area contributed by atoms with Crippen molar-refractivity contribution in [2.75, 3.05) is 29.9 Å². The van der Waals surface area contributed by atoms with Gasteiger partial charge in [0.25, 0.3) is 0 Å². The molecule has 7 heteroatoms. The number of hydrogen-bond donors (Lipinski definition) is 2. The lowest BCUT2D eigenvalue weighted by molar-refractivity contribution is 0.579. The molecule has 0 saturated carbocycles. The van der Waals surface area contributed by atoms with Crippen LogP contribution < -0.4 is 10.2 Å². The summed E-state index contributed by atoms with van der Waals surface area (Å²) in [4.78, 5) is 25.3. The second kappa shape index (κ2) is 9.13. The SMILES string of the molecule is CC(C)Nc1cncc(-c2cnc3c(c2)C(c2nc4c(N5CCCCC5)cccc4[nH]2)=NCC3)c1. The van der Waals surface area contributed by atoms with Crippen LogP contribution in [0.3, 0.4) is 0 Å². The summed E-state index contributed by atoms with van der Waals surface area (Å²) in [6.07, 6.45) is 10.3. The van der Waals surface area contributed by atoms with Gasteiger partial charge in [-0.05, 0) is 57.4 Å². The first kappa shape index (κ1) is 21.8. The fourth-order valence-corrected chi connectivity index (χ4v) is 5.15. The van der Waals surface area contributed by atoms with Crippen molar-refractivity contribution in [3.05, 3.63) is 66.0 Å². The van der Waals surface area contributed by atoms with Gasteiger partial charge in [-0.3, -0.25) is 15.0 Å². The van der Waals surface area contributed by atoms with E-state index in [-0.39, 0.29) is 0 Å².